The van der Waals surface area contributed by atoms with E-state index in [9.17, 15) is 4.79 Å². The predicted octanol–water partition coefficient (Wildman–Crippen LogP) is 1.28. The van der Waals surface area contributed by atoms with Crippen LogP contribution in [0.15, 0.2) is 12.4 Å². The average molecular weight is 193 g/mol. The van der Waals surface area contributed by atoms with Crippen LogP contribution in [-0.4, -0.2) is 34.1 Å². The van der Waals surface area contributed by atoms with Gasteiger partial charge < -0.3 is 4.90 Å². The third-order valence-corrected chi connectivity index (χ3v) is 2.90. The summed E-state index contributed by atoms with van der Waals surface area (Å²) in [6, 6.07) is 0. The summed E-state index contributed by atoms with van der Waals surface area (Å²) in [4.78, 5) is 13.8. The van der Waals surface area contributed by atoms with Gasteiger partial charge in [-0.3, -0.25) is 9.89 Å². The second-order valence-corrected chi connectivity index (χ2v) is 3.80. The molecule has 1 aromatic rings. The number of H-pyrrole nitrogens is 1. The Balaban J connectivity index is 2.00. The number of hydrogen-bond acceptors (Lipinski definition) is 2. The van der Waals surface area contributed by atoms with Crippen molar-refractivity contribution in [1.29, 1.82) is 0 Å². The molecular formula is C10H15N3O. The second-order valence-electron chi connectivity index (χ2n) is 3.80. The van der Waals surface area contributed by atoms with Crippen LogP contribution in [0.2, 0.25) is 0 Å². The zero-order valence-corrected chi connectivity index (χ0v) is 8.36. The van der Waals surface area contributed by atoms with Crippen molar-refractivity contribution >= 4 is 5.91 Å². The maximum absolute atomic E-state index is 11.8. The molecule has 4 heteroatoms. The van der Waals surface area contributed by atoms with Crippen LogP contribution in [0, 0.1) is 5.92 Å². The highest BCUT2D eigenvalue weighted by Gasteiger charge is 2.25. The van der Waals surface area contributed by atoms with E-state index in [0.29, 0.717) is 11.5 Å². The standard InChI is InChI=1S/C10H15N3O/c1-2-8-3-4-13(7-8)10(14)9-5-11-12-6-9/h5-6,8H,2-4,7H2,1H3,(H,11,12). The lowest BCUT2D eigenvalue weighted by Crippen LogP contribution is -2.28. The molecule has 0 bridgehead atoms. The lowest BCUT2D eigenvalue weighted by molar-refractivity contribution is 0.0787. The summed E-state index contributed by atoms with van der Waals surface area (Å²) in [5, 5.41) is 6.44. The van der Waals surface area contributed by atoms with Gasteiger partial charge in [-0.2, -0.15) is 5.10 Å². The van der Waals surface area contributed by atoms with E-state index in [2.05, 4.69) is 17.1 Å². The maximum Gasteiger partial charge on any atom is 0.257 e. The highest BCUT2D eigenvalue weighted by atomic mass is 16.2. The minimum atomic E-state index is 0.106. The number of aromatic amines is 1. The van der Waals surface area contributed by atoms with E-state index in [0.717, 1.165) is 25.9 Å². The van der Waals surface area contributed by atoms with E-state index in [1.807, 2.05) is 4.90 Å². The molecule has 1 fully saturated rings. The molecule has 1 unspecified atom stereocenters. The lowest BCUT2D eigenvalue weighted by atomic mass is 10.1. The van der Waals surface area contributed by atoms with Crippen LogP contribution in [0.5, 0.6) is 0 Å². The number of rotatable bonds is 2. The Morgan fingerprint density at radius 1 is 1.79 bits per heavy atom. The van der Waals surface area contributed by atoms with Crippen molar-refractivity contribution in [1.82, 2.24) is 15.1 Å². The van der Waals surface area contributed by atoms with Crippen molar-refractivity contribution in [3.8, 4) is 0 Å². The van der Waals surface area contributed by atoms with E-state index < -0.39 is 0 Å². The van der Waals surface area contributed by atoms with Crippen LogP contribution >= 0.6 is 0 Å². The van der Waals surface area contributed by atoms with Crippen LogP contribution in [0.25, 0.3) is 0 Å². The van der Waals surface area contributed by atoms with Crippen molar-refractivity contribution in [3.63, 3.8) is 0 Å². The molecular weight excluding hydrogens is 178 g/mol. The molecule has 4 nitrogen and oxygen atoms in total. The normalized spacial score (nSPS) is 21.5. The predicted molar refractivity (Wildman–Crippen MR) is 52.9 cm³/mol. The molecule has 0 aromatic carbocycles. The molecule has 1 saturated heterocycles. The highest BCUT2D eigenvalue weighted by Crippen LogP contribution is 2.20. The van der Waals surface area contributed by atoms with E-state index in [-0.39, 0.29) is 5.91 Å². The van der Waals surface area contributed by atoms with Crippen molar-refractivity contribution in [3.05, 3.63) is 18.0 Å². The highest BCUT2D eigenvalue weighted by molar-refractivity contribution is 5.93. The Bertz CT molecular complexity index is 307. The third kappa shape index (κ3) is 1.64. The second kappa shape index (κ2) is 3.82. The minimum absolute atomic E-state index is 0.106. The summed E-state index contributed by atoms with van der Waals surface area (Å²) in [6.07, 6.45) is 5.54. The molecule has 0 aliphatic carbocycles. The van der Waals surface area contributed by atoms with Gasteiger partial charge in [0.05, 0.1) is 11.8 Å². The topological polar surface area (TPSA) is 49.0 Å². The van der Waals surface area contributed by atoms with Gasteiger partial charge >= 0.3 is 0 Å². The third-order valence-electron chi connectivity index (χ3n) is 2.90. The number of nitrogens with zero attached hydrogens (tertiary/aromatic N) is 2. The van der Waals surface area contributed by atoms with Gasteiger partial charge in [0, 0.05) is 19.3 Å². The first-order valence-electron chi connectivity index (χ1n) is 5.09. The zero-order chi connectivity index (χ0) is 9.97. The minimum Gasteiger partial charge on any atom is -0.338 e. The Kier molecular flexibility index (Phi) is 2.52. The van der Waals surface area contributed by atoms with Gasteiger partial charge in [-0.15, -0.1) is 0 Å². The Morgan fingerprint density at radius 3 is 3.21 bits per heavy atom. The van der Waals surface area contributed by atoms with Gasteiger partial charge in [0.25, 0.3) is 5.91 Å². The number of carbonyl (C=O) groups is 1. The molecule has 0 saturated carbocycles. The first-order chi connectivity index (χ1) is 6.81. The first kappa shape index (κ1) is 9.24. The van der Waals surface area contributed by atoms with Crippen molar-refractivity contribution in [2.24, 2.45) is 5.92 Å². The fourth-order valence-electron chi connectivity index (χ4n) is 1.90. The summed E-state index contributed by atoms with van der Waals surface area (Å²) in [5.41, 5.74) is 0.668. The lowest BCUT2D eigenvalue weighted by Gasteiger charge is -2.14. The summed E-state index contributed by atoms with van der Waals surface area (Å²) < 4.78 is 0. The molecule has 14 heavy (non-hydrogen) atoms. The summed E-state index contributed by atoms with van der Waals surface area (Å²) in [6.45, 7) is 3.97. The average Bonchev–Trinajstić information content (AvgIpc) is 2.88. The zero-order valence-electron chi connectivity index (χ0n) is 8.36. The van der Waals surface area contributed by atoms with Gasteiger partial charge in [0.2, 0.25) is 0 Å². The molecule has 1 aliphatic heterocycles. The molecule has 1 aromatic heterocycles. The van der Waals surface area contributed by atoms with Gasteiger partial charge in [0.1, 0.15) is 0 Å². The maximum atomic E-state index is 11.8. The Hall–Kier alpha value is -1.32. The van der Waals surface area contributed by atoms with Gasteiger partial charge in [-0.05, 0) is 12.3 Å². The number of likely N-dealkylation sites (tertiary alicyclic amines) is 1. The number of nitrogens with one attached hydrogen (secondary N) is 1. The van der Waals surface area contributed by atoms with Crippen molar-refractivity contribution in [2.45, 2.75) is 19.8 Å². The molecule has 1 N–H and O–H groups in total. The monoisotopic (exact) mass is 193 g/mol. The summed E-state index contributed by atoms with van der Waals surface area (Å²) >= 11 is 0. The van der Waals surface area contributed by atoms with Gasteiger partial charge in [-0.25, -0.2) is 0 Å². The molecule has 1 amide bonds. The molecule has 2 heterocycles. The number of amides is 1. The molecule has 2 rings (SSSR count). The van der Waals surface area contributed by atoms with Gasteiger partial charge in [-0.1, -0.05) is 13.3 Å². The van der Waals surface area contributed by atoms with Crippen LogP contribution in [0.3, 0.4) is 0 Å². The largest absolute Gasteiger partial charge is 0.338 e. The Labute approximate surface area is 83.3 Å². The van der Waals surface area contributed by atoms with Crippen molar-refractivity contribution in [2.75, 3.05) is 13.1 Å². The number of aromatic nitrogens is 2. The molecule has 0 spiro atoms. The molecule has 76 valence electrons. The van der Waals surface area contributed by atoms with Crippen molar-refractivity contribution < 1.29 is 4.79 Å². The summed E-state index contributed by atoms with van der Waals surface area (Å²) in [5.74, 6) is 0.792. The SMILES string of the molecule is CCC1CCN(C(=O)c2cn[nH]c2)C1. The van der Waals surface area contributed by atoms with Crippen LogP contribution in [0.1, 0.15) is 30.1 Å². The quantitative estimate of drug-likeness (QED) is 0.769. The number of hydrogen-bond donors (Lipinski definition) is 1. The van der Waals surface area contributed by atoms with E-state index in [1.54, 1.807) is 12.4 Å². The van der Waals surface area contributed by atoms with E-state index >= 15 is 0 Å². The fourth-order valence-corrected chi connectivity index (χ4v) is 1.90. The molecule has 1 aliphatic rings. The first-order valence-corrected chi connectivity index (χ1v) is 5.09. The smallest absolute Gasteiger partial charge is 0.257 e. The van der Waals surface area contributed by atoms with E-state index in [1.165, 1.54) is 0 Å². The van der Waals surface area contributed by atoms with Crippen LogP contribution < -0.4 is 0 Å². The fraction of sp³-hybridized carbons (Fsp3) is 0.600. The molecule has 0 radical (unpaired) electrons. The molecule has 1 atom stereocenters. The van der Waals surface area contributed by atoms with Crippen LogP contribution in [-0.2, 0) is 0 Å². The Morgan fingerprint density at radius 2 is 2.64 bits per heavy atom. The number of carbonyl (C=O) groups excluding carboxylic acids is 1. The van der Waals surface area contributed by atoms with E-state index in [4.69, 9.17) is 0 Å². The van der Waals surface area contributed by atoms with Crippen LogP contribution in [0.4, 0.5) is 0 Å². The summed E-state index contributed by atoms with van der Waals surface area (Å²) in [7, 11) is 0. The van der Waals surface area contributed by atoms with Gasteiger partial charge in [0.15, 0.2) is 0 Å².